The van der Waals surface area contributed by atoms with E-state index < -0.39 is 10.2 Å². The smallest absolute Gasteiger partial charge is 0.282 e. The molecular weight excluding hydrogens is 286 g/mol. The average Bonchev–Trinajstić information content (AvgIpc) is 3.30. The first-order valence-electron chi connectivity index (χ1n) is 8.57. The summed E-state index contributed by atoms with van der Waals surface area (Å²) < 4.78 is 29.2. The Morgan fingerprint density at radius 2 is 1.95 bits per heavy atom. The highest BCUT2D eigenvalue weighted by Gasteiger charge is 2.40. The summed E-state index contributed by atoms with van der Waals surface area (Å²) in [6, 6.07) is 0.272. The Morgan fingerprint density at radius 1 is 1.19 bits per heavy atom. The minimum absolute atomic E-state index is 0.272. The van der Waals surface area contributed by atoms with Gasteiger partial charge < -0.3 is 5.32 Å². The second-order valence-electron chi connectivity index (χ2n) is 6.42. The fourth-order valence-electron chi connectivity index (χ4n) is 3.10. The molecule has 1 saturated heterocycles. The Labute approximate surface area is 130 Å². The van der Waals surface area contributed by atoms with Gasteiger partial charge in [-0.2, -0.15) is 17.0 Å². The molecule has 1 aliphatic heterocycles. The van der Waals surface area contributed by atoms with E-state index in [1.807, 2.05) is 0 Å². The lowest BCUT2D eigenvalue weighted by Gasteiger charge is -2.35. The maximum Gasteiger partial charge on any atom is 0.282 e. The Balaban J connectivity index is 1.94. The van der Waals surface area contributed by atoms with Crippen molar-refractivity contribution in [3.8, 4) is 0 Å². The van der Waals surface area contributed by atoms with E-state index in [9.17, 15) is 8.42 Å². The van der Waals surface area contributed by atoms with Crippen molar-refractivity contribution in [3.05, 3.63) is 0 Å². The van der Waals surface area contributed by atoms with Crippen molar-refractivity contribution in [3.63, 3.8) is 0 Å². The highest BCUT2D eigenvalue weighted by Crippen LogP contribution is 2.32. The normalized spacial score (nSPS) is 24.6. The van der Waals surface area contributed by atoms with Crippen molar-refractivity contribution in [2.24, 2.45) is 5.92 Å². The number of hydrogen-bond acceptors (Lipinski definition) is 3. The topological polar surface area (TPSA) is 52.7 Å². The zero-order chi connectivity index (χ0) is 15.3. The third-order valence-corrected chi connectivity index (χ3v) is 6.42. The quantitative estimate of drug-likeness (QED) is 0.660. The molecule has 1 N–H and O–H groups in total. The molecule has 0 bridgehead atoms. The molecule has 1 heterocycles. The maximum atomic E-state index is 12.9. The van der Waals surface area contributed by atoms with Gasteiger partial charge in [0, 0.05) is 25.7 Å². The molecule has 0 spiro atoms. The fraction of sp³-hybridized carbons (Fsp3) is 1.00. The molecule has 0 aromatic heterocycles. The van der Waals surface area contributed by atoms with E-state index in [1.165, 1.54) is 0 Å². The van der Waals surface area contributed by atoms with Gasteiger partial charge in [0.1, 0.15) is 0 Å². The molecule has 0 radical (unpaired) electrons. The van der Waals surface area contributed by atoms with E-state index in [1.54, 1.807) is 8.61 Å². The van der Waals surface area contributed by atoms with Crippen molar-refractivity contribution < 1.29 is 8.42 Å². The van der Waals surface area contributed by atoms with Crippen LogP contribution in [-0.4, -0.2) is 55.8 Å². The van der Waals surface area contributed by atoms with E-state index in [0.717, 1.165) is 51.6 Å². The molecule has 5 nitrogen and oxygen atoms in total. The molecular formula is C15H31N3O2S. The highest BCUT2D eigenvalue weighted by atomic mass is 32.2. The minimum atomic E-state index is -3.25. The number of nitrogens with zero attached hydrogens (tertiary/aromatic N) is 2. The highest BCUT2D eigenvalue weighted by molar-refractivity contribution is 7.86. The van der Waals surface area contributed by atoms with Crippen LogP contribution < -0.4 is 5.32 Å². The lowest BCUT2D eigenvalue weighted by molar-refractivity contribution is 0.240. The molecule has 6 heteroatoms. The maximum absolute atomic E-state index is 12.9. The van der Waals surface area contributed by atoms with Gasteiger partial charge in [-0.25, -0.2) is 0 Å². The Bertz CT molecular complexity index is 409. The van der Waals surface area contributed by atoms with E-state index in [-0.39, 0.29) is 6.04 Å². The largest absolute Gasteiger partial charge is 0.316 e. The van der Waals surface area contributed by atoms with Crippen molar-refractivity contribution in [1.29, 1.82) is 0 Å². The molecule has 124 valence electrons. The second-order valence-corrected chi connectivity index (χ2v) is 8.30. The van der Waals surface area contributed by atoms with Gasteiger partial charge in [0.2, 0.25) is 0 Å². The van der Waals surface area contributed by atoms with Crippen LogP contribution in [0.4, 0.5) is 0 Å². The summed E-state index contributed by atoms with van der Waals surface area (Å²) in [6.07, 6.45) is 6.22. The van der Waals surface area contributed by atoms with E-state index in [4.69, 9.17) is 0 Å². The molecule has 1 aliphatic carbocycles. The van der Waals surface area contributed by atoms with Crippen molar-refractivity contribution in [2.75, 3.05) is 32.7 Å². The summed E-state index contributed by atoms with van der Waals surface area (Å²) in [5.41, 5.74) is 0. The summed E-state index contributed by atoms with van der Waals surface area (Å²) in [7, 11) is -3.25. The van der Waals surface area contributed by atoms with E-state index in [0.29, 0.717) is 25.6 Å². The van der Waals surface area contributed by atoms with Crippen LogP contribution in [0.5, 0.6) is 0 Å². The van der Waals surface area contributed by atoms with Gasteiger partial charge in [-0.05, 0) is 57.5 Å². The van der Waals surface area contributed by atoms with Gasteiger partial charge >= 0.3 is 0 Å². The van der Waals surface area contributed by atoms with Crippen molar-refractivity contribution in [2.45, 2.75) is 58.4 Å². The number of nitrogens with one attached hydrogen (secondary N) is 1. The van der Waals surface area contributed by atoms with Crippen LogP contribution in [0.3, 0.4) is 0 Å². The number of rotatable bonds is 9. The monoisotopic (exact) mass is 317 g/mol. The summed E-state index contributed by atoms with van der Waals surface area (Å²) in [4.78, 5) is 0. The zero-order valence-electron chi connectivity index (χ0n) is 13.6. The molecule has 2 rings (SSSR count). The van der Waals surface area contributed by atoms with Gasteiger partial charge in [0.15, 0.2) is 0 Å². The molecule has 1 atom stereocenters. The minimum Gasteiger partial charge on any atom is -0.316 e. The molecule has 2 fully saturated rings. The van der Waals surface area contributed by atoms with Crippen molar-refractivity contribution in [1.82, 2.24) is 13.9 Å². The van der Waals surface area contributed by atoms with Gasteiger partial charge in [0.05, 0.1) is 0 Å². The van der Waals surface area contributed by atoms with Crippen molar-refractivity contribution >= 4 is 10.2 Å². The van der Waals surface area contributed by atoms with Gasteiger partial charge in [-0.3, -0.25) is 0 Å². The lowest BCUT2D eigenvalue weighted by Crippen LogP contribution is -2.50. The molecule has 21 heavy (non-hydrogen) atoms. The second kappa shape index (κ2) is 7.90. The SMILES string of the molecule is CCCNCC1CCCN(S(=O)(=O)N(CCC)C2CC2)C1. The van der Waals surface area contributed by atoms with E-state index in [2.05, 4.69) is 19.2 Å². The van der Waals surface area contributed by atoms with Gasteiger partial charge in [-0.15, -0.1) is 0 Å². The predicted octanol–water partition coefficient (Wildman–Crippen LogP) is 1.82. The number of hydrogen-bond donors (Lipinski definition) is 1. The first-order valence-corrected chi connectivity index (χ1v) is 9.96. The summed E-state index contributed by atoms with van der Waals surface area (Å²) in [5, 5.41) is 3.43. The van der Waals surface area contributed by atoms with Crippen LogP contribution in [0.15, 0.2) is 0 Å². The Hall–Kier alpha value is -0.170. The van der Waals surface area contributed by atoms with Gasteiger partial charge in [-0.1, -0.05) is 13.8 Å². The number of piperidine rings is 1. The Kier molecular flexibility index (Phi) is 6.47. The summed E-state index contributed by atoms with van der Waals surface area (Å²) >= 11 is 0. The fourth-order valence-corrected chi connectivity index (χ4v) is 5.16. The molecule has 0 amide bonds. The first-order chi connectivity index (χ1) is 10.1. The van der Waals surface area contributed by atoms with Gasteiger partial charge in [0.25, 0.3) is 10.2 Å². The zero-order valence-corrected chi connectivity index (χ0v) is 14.4. The molecule has 2 aliphatic rings. The van der Waals surface area contributed by atoms with Crippen LogP contribution in [0, 0.1) is 5.92 Å². The van der Waals surface area contributed by atoms with E-state index >= 15 is 0 Å². The predicted molar refractivity (Wildman–Crippen MR) is 86.4 cm³/mol. The van der Waals surface area contributed by atoms with Crippen LogP contribution >= 0.6 is 0 Å². The lowest BCUT2D eigenvalue weighted by atomic mass is 10.00. The van der Waals surface area contributed by atoms with Crippen LogP contribution in [0.25, 0.3) is 0 Å². The van der Waals surface area contributed by atoms with Crippen LogP contribution in [0.2, 0.25) is 0 Å². The molecule has 0 aromatic rings. The third-order valence-electron chi connectivity index (χ3n) is 4.36. The van der Waals surface area contributed by atoms with Crippen LogP contribution in [-0.2, 0) is 10.2 Å². The average molecular weight is 317 g/mol. The molecule has 1 unspecified atom stereocenters. The Morgan fingerprint density at radius 3 is 2.57 bits per heavy atom. The molecule has 1 saturated carbocycles. The third kappa shape index (κ3) is 4.65. The molecule has 0 aromatic carbocycles. The summed E-state index contributed by atoms with van der Waals surface area (Å²) in [6.45, 7) is 8.22. The summed E-state index contributed by atoms with van der Waals surface area (Å²) in [5.74, 6) is 0.461. The first kappa shape index (κ1) is 17.2. The van der Waals surface area contributed by atoms with Crippen LogP contribution in [0.1, 0.15) is 52.4 Å². The standard InChI is InChI=1S/C15H31N3O2S/c1-3-9-16-12-14-6-5-11-17(13-14)21(19,20)18(10-4-2)15-7-8-15/h14-16H,3-13H2,1-2H3.